The third kappa shape index (κ3) is 20.7. The molecule has 0 unspecified atom stereocenters. The zero-order valence-corrected chi connectivity index (χ0v) is 82.0. The average molecular weight is 2160 g/mol. The Bertz CT molecular complexity index is 6710. The van der Waals surface area contributed by atoms with Crippen LogP contribution in [0.2, 0.25) is 0 Å². The molecule has 0 atom stereocenters. The van der Waals surface area contributed by atoms with Crippen LogP contribution in [0, 0.1) is 68.0 Å². The summed E-state index contributed by atoms with van der Waals surface area (Å²) < 4.78 is 0. The summed E-state index contributed by atoms with van der Waals surface area (Å²) in [4.78, 5) is 21.8. The molecular weight excluding hydrogens is 2060 g/mol. The fourth-order valence-electron chi connectivity index (χ4n) is 17.2. The van der Waals surface area contributed by atoms with Gasteiger partial charge in [-0.15, -0.1) is 18.2 Å². The maximum Gasteiger partial charge on any atom is 2.00 e. The number of para-hydroxylation sites is 11. The molecule has 5 aliphatic rings. The van der Waals surface area contributed by atoms with Crippen molar-refractivity contribution in [1.82, 2.24) is 0 Å². The summed E-state index contributed by atoms with van der Waals surface area (Å²) in [7, 11) is 10.4. The summed E-state index contributed by atoms with van der Waals surface area (Å²) in [6, 6.07) is 144. The summed E-state index contributed by atoms with van der Waals surface area (Å²) in [5, 5.41) is 0. The number of anilines is 15. The van der Waals surface area contributed by atoms with Crippen molar-refractivity contribution >= 4 is 85.3 Å². The van der Waals surface area contributed by atoms with Crippen LogP contribution in [0.5, 0.6) is 0 Å². The third-order valence-electron chi connectivity index (χ3n) is 23.7. The van der Waals surface area contributed by atoms with Crippen molar-refractivity contribution < 1.29 is 97.4 Å². The predicted molar refractivity (Wildman–Crippen MR) is 539 cm³/mol. The van der Waals surface area contributed by atoms with E-state index in [9.17, 15) is 0 Å². The summed E-state index contributed by atoms with van der Waals surface area (Å²) >= 11 is 0. The number of rotatable bonds is 12. The van der Waals surface area contributed by atoms with Gasteiger partial charge < -0.3 is 49.0 Å². The van der Waals surface area contributed by atoms with Crippen molar-refractivity contribution in [2.45, 2.75) is 0 Å². The van der Waals surface area contributed by atoms with Gasteiger partial charge in [0.25, 0.3) is 0 Å². The van der Waals surface area contributed by atoms with Gasteiger partial charge in [0.15, 0.2) is 0 Å². The Balaban J connectivity index is 0.000000140. The molecule has 17 aromatic carbocycles. The minimum Gasteiger partial charge on any atom is -0.526 e. The van der Waals surface area contributed by atoms with E-state index < -0.39 is 0 Å². The molecule has 17 aromatic rings. The zero-order valence-electron chi connectivity index (χ0n) is 73.8. The van der Waals surface area contributed by atoms with Crippen LogP contribution in [0.1, 0.15) is 27.8 Å². The van der Waals surface area contributed by atoms with E-state index in [1.54, 1.807) is 0 Å². The molecule has 0 fully saturated rings. The standard InChI is InChI=1S/2C27H22N2.3C21H18N2.5Rh/c1-20-18-24(23-14-12-22(13-15-23)21-8-4-3-5-9-21)16-17-25(20)29-19-28(2)26-10-6-7-11-27(26)29;1-20-12-13-24(23-16-14-22(15-17-23)21-8-4-3-5-9-21)18-27(20)29-19-28(2)25-10-6-7-11-26(25)29;1-16-9-8-12-18(17-10-4-3-5-11-17)21(16)23-15-22(2)19-13-6-7-14-20(19)23;1-16-14-18(17-8-4-3-5-9-17)12-13-19(16)23-15-22(2)20-10-6-7-11-21(20)23;1-16-12-13-18(17-8-4-3-5-9-17)14-21(16)23-15-22(2)19-10-6-7-11-20(19)23;;;;;/h2*3-19H,1H2,2H3;3*3-15H,1H2,2H3;;;;;/q5*-2;5*+2. The molecule has 0 saturated heterocycles. The van der Waals surface area contributed by atoms with E-state index in [4.69, 9.17) is 0 Å². The van der Waals surface area contributed by atoms with Crippen LogP contribution < -0.4 is 49.0 Å². The molecule has 0 saturated carbocycles. The van der Waals surface area contributed by atoms with Gasteiger partial charge in [-0.3, -0.25) is 0 Å². The second kappa shape index (κ2) is 44.0. The van der Waals surface area contributed by atoms with Crippen LogP contribution in [0.25, 0.3) is 77.9 Å². The number of benzene rings is 17. The minimum atomic E-state index is 0. The molecule has 0 bridgehead atoms. The Hall–Kier alpha value is -12.8. The molecule has 132 heavy (non-hydrogen) atoms. The van der Waals surface area contributed by atoms with Crippen LogP contribution in [0.15, 0.2) is 413 Å². The largest absolute Gasteiger partial charge is 2.00 e. The van der Waals surface area contributed by atoms with Gasteiger partial charge in [0.2, 0.25) is 0 Å². The average Bonchev–Trinajstić information content (AvgIpc) is 1.44. The number of fused-ring (bicyclic) bond motifs is 5. The fourth-order valence-corrected chi connectivity index (χ4v) is 17.2. The van der Waals surface area contributed by atoms with Crippen molar-refractivity contribution in [3.8, 4) is 77.9 Å². The summed E-state index contributed by atoms with van der Waals surface area (Å²) in [6.07, 6.45) is 0. The van der Waals surface area contributed by atoms with Gasteiger partial charge in [-0.05, 0) is 157 Å². The van der Waals surface area contributed by atoms with E-state index >= 15 is 0 Å². The smallest absolute Gasteiger partial charge is 0.526 e. The Morgan fingerprint density at radius 1 is 0.152 bits per heavy atom. The van der Waals surface area contributed by atoms with Crippen LogP contribution in [-0.4, -0.2) is 35.2 Å². The summed E-state index contributed by atoms with van der Waals surface area (Å²) in [6.45, 7) is 31.9. The number of hydrogen-bond donors (Lipinski definition) is 0. The summed E-state index contributed by atoms with van der Waals surface area (Å²) in [5.41, 5.74) is 39.5. The van der Waals surface area contributed by atoms with Crippen molar-refractivity contribution in [1.29, 1.82) is 0 Å². The maximum absolute atomic E-state index is 4.33. The zero-order chi connectivity index (χ0) is 87.0. The molecular formula is C117H98N10Rh5. The van der Waals surface area contributed by atoms with E-state index in [0.29, 0.717) is 0 Å². The quantitative estimate of drug-likeness (QED) is 0.0871. The molecule has 0 spiro atoms. The van der Waals surface area contributed by atoms with Crippen molar-refractivity contribution in [3.63, 3.8) is 0 Å². The first-order valence-electron chi connectivity index (χ1n) is 42.7. The Morgan fingerprint density at radius 2 is 0.364 bits per heavy atom. The van der Waals surface area contributed by atoms with E-state index in [1.807, 2.05) is 30.3 Å². The minimum absolute atomic E-state index is 0. The molecule has 0 N–H and O–H groups in total. The molecule has 5 radical (unpaired) electrons. The molecule has 0 amide bonds. The predicted octanol–water partition coefficient (Wildman–Crippen LogP) is 29.5. The van der Waals surface area contributed by atoms with Crippen LogP contribution >= 0.6 is 0 Å². The number of nitrogens with zero attached hydrogens (tertiary/aromatic N) is 10. The van der Waals surface area contributed by atoms with Gasteiger partial charge in [-0.1, -0.05) is 348 Å². The van der Waals surface area contributed by atoms with Crippen molar-refractivity contribution in [3.05, 3.63) is 508 Å². The van der Waals surface area contributed by atoms with Crippen LogP contribution in [0.4, 0.5) is 85.3 Å². The van der Waals surface area contributed by atoms with E-state index in [1.165, 1.54) is 135 Å². The first-order valence-corrected chi connectivity index (χ1v) is 42.7. The Morgan fingerprint density at radius 3 is 0.659 bits per heavy atom. The monoisotopic (exact) mass is 2160 g/mol. The Labute approximate surface area is 845 Å². The van der Waals surface area contributed by atoms with Crippen LogP contribution in [-0.2, 0) is 97.4 Å². The molecule has 5 heterocycles. The molecule has 22 rings (SSSR count). The molecule has 0 aliphatic carbocycles. The topological polar surface area (TPSA) is 32.4 Å². The first-order chi connectivity index (χ1) is 62.1. The fraction of sp³-hybridized carbons (Fsp3) is 0.0427. The third-order valence-corrected chi connectivity index (χ3v) is 23.7. The van der Waals surface area contributed by atoms with Gasteiger partial charge in [0.05, 0.1) is 0 Å². The molecule has 10 nitrogen and oxygen atoms in total. The molecule has 15 heteroatoms. The van der Waals surface area contributed by atoms with E-state index in [2.05, 4.69) is 534 Å². The molecule has 5 aliphatic heterocycles. The van der Waals surface area contributed by atoms with E-state index in [-0.39, 0.29) is 97.4 Å². The van der Waals surface area contributed by atoms with Crippen LogP contribution in [0.3, 0.4) is 0 Å². The van der Waals surface area contributed by atoms with Crippen molar-refractivity contribution in [2.24, 2.45) is 0 Å². The van der Waals surface area contributed by atoms with Gasteiger partial charge >= 0.3 is 97.4 Å². The van der Waals surface area contributed by atoms with Gasteiger partial charge in [0, 0.05) is 56.9 Å². The SMILES string of the molecule is [CH2-]c1cc(-c2ccc(-c3ccccc3)cc2)ccc1N1[CH-]N(C)c2ccccc21.[CH2-]c1cc(-c2ccccc2)ccc1N1[CH-]N(C)c2ccccc21.[CH2-]c1ccc(-c2ccc(-c3ccccc3)cc2)cc1N1[CH-]N(C)c2ccccc21.[CH2-]c1ccc(-c2ccccc2)cc1N1[CH-]N(C)c2ccccc21.[CH2-]c1cccc(-c2ccccc2)c1N1[CH-]N(C)c2ccccc21.[Rh+2].[Rh+2].[Rh+2].[Rh+2].[Rh+2]. The molecule has 0 aromatic heterocycles. The molecule has 661 valence electrons. The van der Waals surface area contributed by atoms with Gasteiger partial charge in [0.1, 0.15) is 0 Å². The number of hydrogen-bond acceptors (Lipinski definition) is 10. The summed E-state index contributed by atoms with van der Waals surface area (Å²) in [5.74, 6) is 0. The van der Waals surface area contributed by atoms with Crippen molar-refractivity contribution in [2.75, 3.05) is 84.2 Å². The Kier molecular flexibility index (Phi) is 32.2. The first kappa shape index (κ1) is 96.8. The second-order valence-electron chi connectivity index (χ2n) is 32.1. The maximum atomic E-state index is 4.33. The normalized spacial score (nSPS) is 12.6. The second-order valence-corrected chi connectivity index (χ2v) is 32.1. The van der Waals surface area contributed by atoms with Gasteiger partial charge in [-0.2, -0.15) is 126 Å². The van der Waals surface area contributed by atoms with E-state index in [0.717, 1.165) is 56.3 Å². The van der Waals surface area contributed by atoms with Gasteiger partial charge in [-0.25, -0.2) is 0 Å².